The summed E-state index contributed by atoms with van der Waals surface area (Å²) in [6.45, 7) is 0.206. The summed E-state index contributed by atoms with van der Waals surface area (Å²) in [6.07, 6.45) is 2.29. The van der Waals surface area contributed by atoms with Gasteiger partial charge in [0.2, 0.25) is 13.0 Å². The van der Waals surface area contributed by atoms with E-state index in [1.165, 1.54) is 6.08 Å². The van der Waals surface area contributed by atoms with Crippen LogP contribution in [0.3, 0.4) is 0 Å². The molecule has 0 bridgehead atoms. The van der Waals surface area contributed by atoms with E-state index in [0.717, 1.165) is 6.20 Å². The fraction of sp³-hybridized carbons (Fsp3) is 0.111. The van der Waals surface area contributed by atoms with Crippen molar-refractivity contribution in [3.8, 4) is 11.5 Å². The number of ether oxygens (including phenoxy) is 2. The van der Waals surface area contributed by atoms with E-state index in [1.54, 1.807) is 18.2 Å². The molecule has 5 heteroatoms. The minimum Gasteiger partial charge on any atom is -0.454 e. The first-order valence-corrected chi connectivity index (χ1v) is 3.97. The molecular weight excluding hydrogens is 186 g/mol. The van der Waals surface area contributed by atoms with Crippen molar-refractivity contribution in [1.29, 1.82) is 0 Å². The average Bonchev–Trinajstić information content (AvgIpc) is 2.61. The molecule has 0 unspecified atom stereocenters. The van der Waals surface area contributed by atoms with Crippen molar-refractivity contribution in [1.82, 2.24) is 0 Å². The monoisotopic (exact) mass is 193 g/mol. The Morgan fingerprint density at radius 1 is 1.36 bits per heavy atom. The van der Waals surface area contributed by atoms with E-state index in [0.29, 0.717) is 17.1 Å². The van der Waals surface area contributed by atoms with Crippen LogP contribution in [0.1, 0.15) is 5.56 Å². The molecule has 0 saturated heterocycles. The number of fused-ring (bicyclic) bond motifs is 1. The third kappa shape index (κ3) is 1.66. The lowest BCUT2D eigenvalue weighted by molar-refractivity contribution is -0.400. The molecule has 0 fully saturated rings. The van der Waals surface area contributed by atoms with Gasteiger partial charge in [-0.05, 0) is 17.7 Å². The Labute approximate surface area is 79.7 Å². The van der Waals surface area contributed by atoms with Gasteiger partial charge in [0.15, 0.2) is 11.5 Å². The Kier molecular flexibility index (Phi) is 2.06. The lowest BCUT2D eigenvalue weighted by Crippen LogP contribution is -1.92. The Morgan fingerprint density at radius 3 is 2.93 bits per heavy atom. The second-order valence-corrected chi connectivity index (χ2v) is 2.71. The van der Waals surface area contributed by atoms with Crippen LogP contribution in [-0.4, -0.2) is 11.7 Å². The van der Waals surface area contributed by atoms with Crippen molar-refractivity contribution in [3.05, 3.63) is 40.1 Å². The third-order valence-corrected chi connectivity index (χ3v) is 1.79. The summed E-state index contributed by atoms with van der Waals surface area (Å²) < 4.78 is 10.2. The standard InChI is InChI=1S/C9H7NO4/c11-10(12)4-3-7-1-2-8-9(5-7)14-6-13-8/h1-5H,6H2/b4-3-. The maximum atomic E-state index is 10.1. The molecule has 0 radical (unpaired) electrons. The summed E-state index contributed by atoms with van der Waals surface area (Å²) in [5, 5.41) is 10.1. The highest BCUT2D eigenvalue weighted by Crippen LogP contribution is 2.32. The topological polar surface area (TPSA) is 61.6 Å². The summed E-state index contributed by atoms with van der Waals surface area (Å²) in [4.78, 5) is 9.56. The van der Waals surface area contributed by atoms with Gasteiger partial charge in [0.1, 0.15) is 0 Å². The highest BCUT2D eigenvalue weighted by atomic mass is 16.7. The minimum atomic E-state index is -0.509. The van der Waals surface area contributed by atoms with Crippen LogP contribution in [0.2, 0.25) is 0 Å². The molecule has 1 aromatic rings. The van der Waals surface area contributed by atoms with Crippen molar-refractivity contribution >= 4 is 6.08 Å². The number of benzene rings is 1. The molecule has 1 heterocycles. The largest absolute Gasteiger partial charge is 0.454 e. The number of hydrogen-bond acceptors (Lipinski definition) is 4. The highest BCUT2D eigenvalue weighted by molar-refractivity contribution is 5.55. The van der Waals surface area contributed by atoms with Gasteiger partial charge in [0.25, 0.3) is 0 Å². The van der Waals surface area contributed by atoms with E-state index in [1.807, 2.05) is 0 Å². The summed E-state index contributed by atoms with van der Waals surface area (Å²) in [6, 6.07) is 5.15. The minimum absolute atomic E-state index is 0.206. The van der Waals surface area contributed by atoms with Crippen LogP contribution >= 0.6 is 0 Å². The number of nitrogens with zero attached hydrogens (tertiary/aromatic N) is 1. The van der Waals surface area contributed by atoms with E-state index in [9.17, 15) is 10.1 Å². The highest BCUT2D eigenvalue weighted by Gasteiger charge is 2.12. The predicted octanol–water partition coefficient (Wildman–Crippen LogP) is 1.66. The first-order chi connectivity index (χ1) is 6.75. The van der Waals surface area contributed by atoms with Gasteiger partial charge in [-0.25, -0.2) is 0 Å². The maximum absolute atomic E-state index is 10.1. The zero-order chi connectivity index (χ0) is 9.97. The molecule has 0 atom stereocenters. The van der Waals surface area contributed by atoms with Crippen molar-refractivity contribution < 1.29 is 14.4 Å². The smallest absolute Gasteiger partial charge is 0.235 e. The predicted molar refractivity (Wildman–Crippen MR) is 48.6 cm³/mol. The molecule has 72 valence electrons. The Balaban J connectivity index is 2.25. The van der Waals surface area contributed by atoms with Crippen molar-refractivity contribution in [2.45, 2.75) is 0 Å². The van der Waals surface area contributed by atoms with Gasteiger partial charge in [0.05, 0.1) is 4.92 Å². The molecule has 1 aliphatic rings. The Morgan fingerprint density at radius 2 is 2.14 bits per heavy atom. The van der Waals surface area contributed by atoms with Gasteiger partial charge in [-0.15, -0.1) is 0 Å². The van der Waals surface area contributed by atoms with Crippen LogP contribution in [0.15, 0.2) is 24.4 Å². The fourth-order valence-electron chi connectivity index (χ4n) is 1.16. The van der Waals surface area contributed by atoms with E-state index in [4.69, 9.17) is 9.47 Å². The second kappa shape index (κ2) is 3.37. The molecule has 14 heavy (non-hydrogen) atoms. The zero-order valence-corrected chi connectivity index (χ0v) is 7.17. The van der Waals surface area contributed by atoms with E-state index >= 15 is 0 Å². The second-order valence-electron chi connectivity index (χ2n) is 2.71. The maximum Gasteiger partial charge on any atom is 0.235 e. The molecule has 0 N–H and O–H groups in total. The summed E-state index contributed by atoms with van der Waals surface area (Å²) in [5.74, 6) is 1.29. The van der Waals surface area contributed by atoms with E-state index in [-0.39, 0.29) is 6.79 Å². The lowest BCUT2D eigenvalue weighted by atomic mass is 10.2. The van der Waals surface area contributed by atoms with Gasteiger partial charge in [-0.2, -0.15) is 0 Å². The van der Waals surface area contributed by atoms with Gasteiger partial charge in [-0.3, -0.25) is 10.1 Å². The van der Waals surface area contributed by atoms with Crippen LogP contribution in [0.25, 0.3) is 6.08 Å². The number of rotatable bonds is 2. The van der Waals surface area contributed by atoms with Crippen molar-refractivity contribution in [2.24, 2.45) is 0 Å². The van der Waals surface area contributed by atoms with Gasteiger partial charge in [0, 0.05) is 6.08 Å². The first kappa shape index (κ1) is 8.55. The molecule has 2 rings (SSSR count). The Bertz CT molecular complexity index is 400. The van der Waals surface area contributed by atoms with Crippen LogP contribution in [0.5, 0.6) is 11.5 Å². The quantitative estimate of drug-likeness (QED) is 0.529. The summed E-state index contributed by atoms with van der Waals surface area (Å²) >= 11 is 0. The van der Waals surface area contributed by atoms with Crippen LogP contribution in [-0.2, 0) is 0 Å². The number of hydrogen-bond donors (Lipinski definition) is 0. The number of nitro groups is 1. The summed E-state index contributed by atoms with van der Waals surface area (Å²) in [5.41, 5.74) is 0.714. The first-order valence-electron chi connectivity index (χ1n) is 3.97. The van der Waals surface area contributed by atoms with E-state index in [2.05, 4.69) is 0 Å². The van der Waals surface area contributed by atoms with Crippen LogP contribution < -0.4 is 9.47 Å². The Hall–Kier alpha value is -2.04. The molecule has 1 aromatic carbocycles. The lowest BCUT2D eigenvalue weighted by Gasteiger charge is -1.95. The van der Waals surface area contributed by atoms with Crippen LogP contribution in [0.4, 0.5) is 0 Å². The molecule has 5 nitrogen and oxygen atoms in total. The normalized spacial score (nSPS) is 13.4. The van der Waals surface area contributed by atoms with Crippen molar-refractivity contribution in [3.63, 3.8) is 0 Å². The molecule has 0 spiro atoms. The van der Waals surface area contributed by atoms with Crippen LogP contribution in [0, 0.1) is 10.1 Å². The average molecular weight is 193 g/mol. The molecule has 0 saturated carbocycles. The fourth-order valence-corrected chi connectivity index (χ4v) is 1.16. The van der Waals surface area contributed by atoms with Crippen molar-refractivity contribution in [2.75, 3.05) is 6.79 Å². The molecule has 1 aliphatic heterocycles. The third-order valence-electron chi connectivity index (χ3n) is 1.79. The summed E-state index contributed by atoms with van der Waals surface area (Å²) in [7, 11) is 0. The van der Waals surface area contributed by atoms with Gasteiger partial charge in [-0.1, -0.05) is 6.07 Å². The molecular formula is C9H7NO4. The molecule has 0 aliphatic carbocycles. The van der Waals surface area contributed by atoms with Gasteiger partial charge >= 0.3 is 0 Å². The SMILES string of the molecule is O=[N+]([O-])/C=C\c1ccc2c(c1)OCO2. The molecule has 0 amide bonds. The van der Waals surface area contributed by atoms with E-state index < -0.39 is 4.92 Å². The molecule has 0 aromatic heterocycles. The zero-order valence-electron chi connectivity index (χ0n) is 7.17. The van der Waals surface area contributed by atoms with Gasteiger partial charge < -0.3 is 9.47 Å².